The number of fused-ring (bicyclic) bond motifs is 1. The maximum atomic E-state index is 12.4. The molecule has 0 bridgehead atoms. The number of nitrogens with one attached hydrogen (secondary N) is 1. The summed E-state index contributed by atoms with van der Waals surface area (Å²) in [4.78, 5) is 12.4. The summed E-state index contributed by atoms with van der Waals surface area (Å²) < 4.78 is 17.2. The number of nitrogens with zero attached hydrogens (tertiary/aromatic N) is 2. The van der Waals surface area contributed by atoms with Crippen molar-refractivity contribution >= 4 is 17.7 Å². The second kappa shape index (κ2) is 8.57. The first-order valence-corrected chi connectivity index (χ1v) is 10.2. The number of hydrogen-bond donors (Lipinski definition) is 1. The molecule has 8 heteroatoms. The molecule has 1 amide bonds. The highest BCUT2D eigenvalue weighted by Gasteiger charge is 2.28. The highest BCUT2D eigenvalue weighted by atomic mass is 32.2. The molecular weight excluding hydrogens is 390 g/mol. The Morgan fingerprint density at radius 2 is 1.93 bits per heavy atom. The van der Waals surface area contributed by atoms with Gasteiger partial charge >= 0.3 is 0 Å². The molecular formula is C21H21N3O4S. The first kappa shape index (κ1) is 19.3. The number of ether oxygens (including phenoxy) is 2. The molecule has 1 aromatic heterocycles. The van der Waals surface area contributed by atoms with Crippen LogP contribution < -0.4 is 14.8 Å². The number of rotatable bonds is 6. The largest absolute Gasteiger partial charge is 0.485 e. The first-order valence-electron chi connectivity index (χ1n) is 9.30. The van der Waals surface area contributed by atoms with Gasteiger partial charge in [-0.15, -0.1) is 10.2 Å². The third-order valence-corrected chi connectivity index (χ3v) is 5.37. The van der Waals surface area contributed by atoms with Crippen molar-refractivity contribution < 1.29 is 18.7 Å². The van der Waals surface area contributed by atoms with E-state index in [-0.39, 0.29) is 17.8 Å². The molecule has 0 spiro atoms. The number of carbonyl (C=O) groups excluding carboxylic acids is 1. The average Bonchev–Trinajstić information content (AvgIpc) is 3.21. The van der Waals surface area contributed by atoms with Gasteiger partial charge in [0.25, 0.3) is 11.1 Å². The van der Waals surface area contributed by atoms with Gasteiger partial charge in [0.2, 0.25) is 12.0 Å². The van der Waals surface area contributed by atoms with Crippen molar-refractivity contribution in [3.05, 3.63) is 65.5 Å². The van der Waals surface area contributed by atoms with E-state index in [0.717, 1.165) is 5.56 Å². The molecule has 2 heterocycles. The maximum Gasteiger partial charge on any atom is 0.277 e. The Morgan fingerprint density at radius 1 is 1.17 bits per heavy atom. The predicted molar refractivity (Wildman–Crippen MR) is 108 cm³/mol. The second-order valence-corrected chi connectivity index (χ2v) is 8.03. The summed E-state index contributed by atoms with van der Waals surface area (Å²) in [6, 6.07) is 15.5. The molecule has 2 aromatic carbocycles. The van der Waals surface area contributed by atoms with E-state index in [2.05, 4.69) is 15.5 Å². The minimum absolute atomic E-state index is 0.0958. The Bertz CT molecular complexity index is 990. The summed E-state index contributed by atoms with van der Waals surface area (Å²) in [5, 5.41) is 10.9. The van der Waals surface area contributed by atoms with Crippen LogP contribution in [0, 0.1) is 6.92 Å². The fraction of sp³-hybridized carbons (Fsp3) is 0.286. The van der Waals surface area contributed by atoms with Crippen LogP contribution in [0.4, 0.5) is 0 Å². The normalized spacial score (nSPS) is 16.3. The smallest absolute Gasteiger partial charge is 0.277 e. The van der Waals surface area contributed by atoms with Crippen molar-refractivity contribution in [2.75, 3.05) is 6.61 Å². The van der Waals surface area contributed by atoms with E-state index in [1.807, 2.05) is 55.5 Å². The molecule has 0 saturated heterocycles. The molecule has 4 rings (SSSR count). The zero-order valence-electron chi connectivity index (χ0n) is 16.1. The van der Waals surface area contributed by atoms with Crippen molar-refractivity contribution in [1.82, 2.24) is 15.5 Å². The Balaban J connectivity index is 1.31. The predicted octanol–water partition coefficient (Wildman–Crippen LogP) is 3.69. The first-order chi connectivity index (χ1) is 14.1. The van der Waals surface area contributed by atoms with E-state index < -0.39 is 6.10 Å². The minimum Gasteiger partial charge on any atom is -0.485 e. The summed E-state index contributed by atoms with van der Waals surface area (Å²) in [6.45, 7) is 4.60. The zero-order valence-corrected chi connectivity index (χ0v) is 16.9. The molecule has 1 aliphatic rings. The standard InChI is InChI=1S/C21H21N3O4S/c1-13-7-9-15(10-8-13)11-22-19(25)14(2)29-21-24-23-20(28-21)18-12-26-16-5-3-4-6-17(16)27-18/h3-10,14,18H,11-12H2,1-2H3,(H,22,25)/t14-,18-/m0/s1. The fourth-order valence-corrected chi connectivity index (χ4v) is 3.50. The van der Waals surface area contributed by atoms with Gasteiger partial charge in [-0.25, -0.2) is 0 Å². The molecule has 7 nitrogen and oxygen atoms in total. The quantitative estimate of drug-likeness (QED) is 0.619. The molecule has 2 atom stereocenters. The number of hydrogen-bond acceptors (Lipinski definition) is 7. The highest BCUT2D eigenvalue weighted by molar-refractivity contribution is 8.00. The zero-order chi connectivity index (χ0) is 20.2. The van der Waals surface area contributed by atoms with E-state index in [1.165, 1.54) is 17.3 Å². The summed E-state index contributed by atoms with van der Waals surface area (Å²) >= 11 is 1.21. The van der Waals surface area contributed by atoms with Crippen LogP contribution in [0.15, 0.2) is 58.2 Å². The number of carbonyl (C=O) groups is 1. The van der Waals surface area contributed by atoms with Crippen molar-refractivity contribution in [2.24, 2.45) is 0 Å². The number of thioether (sulfide) groups is 1. The van der Waals surface area contributed by atoms with Crippen molar-refractivity contribution in [1.29, 1.82) is 0 Å². The Kier molecular flexibility index (Phi) is 5.71. The van der Waals surface area contributed by atoms with Crippen LogP contribution in [0.3, 0.4) is 0 Å². The second-order valence-electron chi connectivity index (χ2n) is 6.73. The molecule has 0 unspecified atom stereocenters. The fourth-order valence-electron chi connectivity index (χ4n) is 2.78. The van der Waals surface area contributed by atoms with Crippen LogP contribution in [0.5, 0.6) is 11.5 Å². The topological polar surface area (TPSA) is 86.5 Å². The minimum atomic E-state index is -0.475. The lowest BCUT2D eigenvalue weighted by atomic mass is 10.1. The molecule has 0 fully saturated rings. The Hall–Kier alpha value is -3.00. The summed E-state index contributed by atoms with van der Waals surface area (Å²) in [5.41, 5.74) is 2.24. The van der Waals surface area contributed by atoms with Crippen LogP contribution >= 0.6 is 11.8 Å². The molecule has 0 saturated carbocycles. The Labute approximate surface area is 172 Å². The lowest BCUT2D eigenvalue weighted by Crippen LogP contribution is -2.30. The summed E-state index contributed by atoms with van der Waals surface area (Å²) in [5.74, 6) is 1.56. The third-order valence-electron chi connectivity index (χ3n) is 4.44. The highest BCUT2D eigenvalue weighted by Crippen LogP contribution is 2.36. The Morgan fingerprint density at radius 3 is 2.72 bits per heavy atom. The van der Waals surface area contributed by atoms with Crippen molar-refractivity contribution in [3.8, 4) is 11.5 Å². The number of amides is 1. The van der Waals surface area contributed by atoms with Gasteiger partial charge in [-0.1, -0.05) is 53.7 Å². The van der Waals surface area contributed by atoms with E-state index in [0.29, 0.717) is 29.2 Å². The number of aryl methyl sites for hydroxylation is 1. The van der Waals surface area contributed by atoms with Gasteiger partial charge in [0.1, 0.15) is 6.61 Å². The number of aromatic nitrogens is 2. The summed E-state index contributed by atoms with van der Waals surface area (Å²) in [7, 11) is 0. The SMILES string of the molecule is Cc1ccc(CNC(=O)[C@H](C)Sc2nnc([C@@H]3COc4ccccc4O3)o2)cc1. The average molecular weight is 411 g/mol. The molecule has 3 aromatic rings. The molecule has 1 aliphatic heterocycles. The monoisotopic (exact) mass is 411 g/mol. The summed E-state index contributed by atoms with van der Waals surface area (Å²) in [6.07, 6.45) is -0.475. The van der Waals surface area contributed by atoms with Crippen LogP contribution in [0.25, 0.3) is 0 Å². The van der Waals surface area contributed by atoms with E-state index in [9.17, 15) is 4.79 Å². The lowest BCUT2D eigenvalue weighted by molar-refractivity contribution is -0.120. The van der Waals surface area contributed by atoms with Gasteiger partial charge in [0, 0.05) is 6.54 Å². The van der Waals surface area contributed by atoms with Crippen molar-refractivity contribution in [3.63, 3.8) is 0 Å². The van der Waals surface area contributed by atoms with Gasteiger partial charge in [-0.05, 0) is 31.5 Å². The van der Waals surface area contributed by atoms with Gasteiger partial charge in [0.05, 0.1) is 5.25 Å². The van der Waals surface area contributed by atoms with Crippen LogP contribution in [0.2, 0.25) is 0 Å². The van der Waals surface area contributed by atoms with Crippen LogP contribution in [-0.4, -0.2) is 28.0 Å². The van der Waals surface area contributed by atoms with Gasteiger partial charge in [-0.3, -0.25) is 4.79 Å². The van der Waals surface area contributed by atoms with E-state index in [1.54, 1.807) is 6.92 Å². The van der Waals surface area contributed by atoms with E-state index >= 15 is 0 Å². The molecule has 1 N–H and O–H groups in total. The lowest BCUT2D eigenvalue weighted by Gasteiger charge is -2.23. The maximum absolute atomic E-state index is 12.4. The number of benzene rings is 2. The molecule has 0 radical (unpaired) electrons. The van der Waals surface area contributed by atoms with Crippen LogP contribution in [-0.2, 0) is 11.3 Å². The van der Waals surface area contributed by atoms with Crippen LogP contribution in [0.1, 0.15) is 30.0 Å². The molecule has 0 aliphatic carbocycles. The van der Waals surface area contributed by atoms with Gasteiger partial charge < -0.3 is 19.2 Å². The van der Waals surface area contributed by atoms with Gasteiger partial charge in [-0.2, -0.15) is 0 Å². The van der Waals surface area contributed by atoms with E-state index in [4.69, 9.17) is 13.9 Å². The molecule has 150 valence electrons. The van der Waals surface area contributed by atoms with Gasteiger partial charge in [0.15, 0.2) is 11.5 Å². The third kappa shape index (κ3) is 4.71. The molecule has 29 heavy (non-hydrogen) atoms. The van der Waals surface area contributed by atoms with Crippen molar-refractivity contribution in [2.45, 2.75) is 37.0 Å². The number of para-hydroxylation sites is 2.